The van der Waals surface area contributed by atoms with E-state index in [-0.39, 0.29) is 0 Å². The molecule has 0 bridgehead atoms. The van der Waals surface area contributed by atoms with Gasteiger partial charge in [0.1, 0.15) is 0 Å². The van der Waals surface area contributed by atoms with E-state index in [0.717, 1.165) is 24.4 Å². The van der Waals surface area contributed by atoms with Gasteiger partial charge in [-0.1, -0.05) is 27.7 Å². The molecule has 1 rings (SSSR count). The Kier molecular flexibility index (Phi) is 8.08. The summed E-state index contributed by atoms with van der Waals surface area (Å²) < 4.78 is 0. The Balaban J connectivity index is 2.34. The highest BCUT2D eigenvalue weighted by Crippen LogP contribution is 2.15. The van der Waals surface area contributed by atoms with Crippen LogP contribution in [0.2, 0.25) is 0 Å². The SMILES string of the molecule is CC(C)CC(CN(C)C)NC1CCN(CC(C)C)CC1. The minimum absolute atomic E-state index is 0.645. The van der Waals surface area contributed by atoms with Crippen molar-refractivity contribution >= 4 is 0 Å². The van der Waals surface area contributed by atoms with Crippen LogP contribution >= 0.6 is 0 Å². The highest BCUT2D eigenvalue weighted by Gasteiger charge is 2.22. The number of nitrogens with zero attached hydrogens (tertiary/aromatic N) is 2. The lowest BCUT2D eigenvalue weighted by Gasteiger charge is -2.36. The first-order valence-corrected chi connectivity index (χ1v) is 8.50. The van der Waals surface area contributed by atoms with Gasteiger partial charge in [0.15, 0.2) is 0 Å². The molecule has 20 heavy (non-hydrogen) atoms. The third-order valence-corrected chi connectivity index (χ3v) is 4.02. The molecule has 0 radical (unpaired) electrons. The van der Waals surface area contributed by atoms with Gasteiger partial charge < -0.3 is 15.1 Å². The van der Waals surface area contributed by atoms with E-state index in [4.69, 9.17) is 0 Å². The van der Waals surface area contributed by atoms with E-state index in [0.29, 0.717) is 6.04 Å². The van der Waals surface area contributed by atoms with Gasteiger partial charge in [-0.25, -0.2) is 0 Å². The lowest BCUT2D eigenvalue weighted by Crippen LogP contribution is -2.49. The lowest BCUT2D eigenvalue weighted by atomic mass is 9.98. The second-order valence-corrected chi connectivity index (χ2v) is 7.72. The van der Waals surface area contributed by atoms with Crippen LogP contribution in [0.1, 0.15) is 47.0 Å². The van der Waals surface area contributed by atoms with E-state index in [1.54, 1.807) is 0 Å². The Labute approximate surface area is 127 Å². The lowest BCUT2D eigenvalue weighted by molar-refractivity contribution is 0.166. The molecule has 1 unspecified atom stereocenters. The van der Waals surface area contributed by atoms with Crippen LogP contribution in [0.5, 0.6) is 0 Å². The van der Waals surface area contributed by atoms with Crippen molar-refractivity contribution in [1.82, 2.24) is 15.1 Å². The predicted octanol–water partition coefficient (Wildman–Crippen LogP) is 2.67. The van der Waals surface area contributed by atoms with Gasteiger partial charge in [0.25, 0.3) is 0 Å². The van der Waals surface area contributed by atoms with E-state index in [2.05, 4.69) is 56.9 Å². The molecule has 3 nitrogen and oxygen atoms in total. The summed E-state index contributed by atoms with van der Waals surface area (Å²) in [6.45, 7) is 14.3. The molecular weight excluding hydrogens is 246 g/mol. The molecule has 1 aliphatic heterocycles. The molecule has 0 saturated carbocycles. The van der Waals surface area contributed by atoms with Gasteiger partial charge in [-0.15, -0.1) is 0 Å². The van der Waals surface area contributed by atoms with E-state index < -0.39 is 0 Å². The van der Waals surface area contributed by atoms with Crippen molar-refractivity contribution in [2.75, 3.05) is 40.3 Å². The maximum absolute atomic E-state index is 3.92. The summed E-state index contributed by atoms with van der Waals surface area (Å²) in [7, 11) is 4.36. The molecule has 120 valence electrons. The average Bonchev–Trinajstić information content (AvgIpc) is 2.29. The maximum atomic E-state index is 3.92. The zero-order chi connectivity index (χ0) is 15.1. The molecule has 1 heterocycles. The zero-order valence-electron chi connectivity index (χ0n) is 14.7. The monoisotopic (exact) mass is 283 g/mol. The largest absolute Gasteiger partial charge is 0.310 e. The number of likely N-dealkylation sites (N-methyl/N-ethyl adjacent to an activating group) is 1. The molecule has 0 aromatic heterocycles. The number of hydrogen-bond acceptors (Lipinski definition) is 3. The number of hydrogen-bond donors (Lipinski definition) is 1. The fourth-order valence-electron chi connectivity index (χ4n) is 3.34. The van der Waals surface area contributed by atoms with Crippen molar-refractivity contribution in [2.24, 2.45) is 11.8 Å². The van der Waals surface area contributed by atoms with Crippen molar-refractivity contribution in [2.45, 2.75) is 59.0 Å². The average molecular weight is 284 g/mol. The Morgan fingerprint density at radius 1 is 1.05 bits per heavy atom. The van der Waals surface area contributed by atoms with Crippen LogP contribution in [-0.4, -0.2) is 62.2 Å². The Bertz CT molecular complexity index is 233. The van der Waals surface area contributed by atoms with Crippen LogP contribution in [0.25, 0.3) is 0 Å². The zero-order valence-corrected chi connectivity index (χ0v) is 14.7. The van der Waals surface area contributed by atoms with Crippen molar-refractivity contribution < 1.29 is 0 Å². The van der Waals surface area contributed by atoms with Crippen molar-refractivity contribution in [3.8, 4) is 0 Å². The molecule has 0 spiro atoms. The van der Waals surface area contributed by atoms with E-state index >= 15 is 0 Å². The summed E-state index contributed by atoms with van der Waals surface area (Å²) in [6, 6.07) is 1.37. The molecule has 3 heteroatoms. The Morgan fingerprint density at radius 3 is 2.10 bits per heavy atom. The second-order valence-electron chi connectivity index (χ2n) is 7.72. The summed E-state index contributed by atoms with van der Waals surface area (Å²) >= 11 is 0. The highest BCUT2D eigenvalue weighted by molar-refractivity contribution is 4.82. The third kappa shape index (κ3) is 7.61. The summed E-state index contributed by atoms with van der Waals surface area (Å²) in [6.07, 6.45) is 3.91. The van der Waals surface area contributed by atoms with Gasteiger partial charge in [-0.3, -0.25) is 0 Å². The fraction of sp³-hybridized carbons (Fsp3) is 1.00. The van der Waals surface area contributed by atoms with Gasteiger partial charge in [0.05, 0.1) is 0 Å². The molecule has 0 aromatic rings. The van der Waals surface area contributed by atoms with Crippen LogP contribution in [0, 0.1) is 11.8 Å². The topological polar surface area (TPSA) is 18.5 Å². The van der Waals surface area contributed by atoms with Crippen molar-refractivity contribution in [3.63, 3.8) is 0 Å². The molecule has 0 amide bonds. The van der Waals surface area contributed by atoms with E-state index in [1.165, 1.54) is 38.9 Å². The van der Waals surface area contributed by atoms with E-state index in [1.807, 2.05) is 0 Å². The number of piperidine rings is 1. The van der Waals surface area contributed by atoms with Crippen molar-refractivity contribution in [3.05, 3.63) is 0 Å². The van der Waals surface area contributed by atoms with Crippen LogP contribution < -0.4 is 5.32 Å². The van der Waals surface area contributed by atoms with Gasteiger partial charge in [0.2, 0.25) is 0 Å². The molecule has 1 saturated heterocycles. The van der Waals surface area contributed by atoms with Gasteiger partial charge in [-0.2, -0.15) is 0 Å². The highest BCUT2D eigenvalue weighted by atomic mass is 15.2. The van der Waals surface area contributed by atoms with Gasteiger partial charge in [0, 0.05) is 25.2 Å². The van der Waals surface area contributed by atoms with E-state index in [9.17, 15) is 0 Å². The van der Waals surface area contributed by atoms with Gasteiger partial charge >= 0.3 is 0 Å². The van der Waals surface area contributed by atoms with Gasteiger partial charge in [-0.05, 0) is 58.3 Å². The summed E-state index contributed by atoms with van der Waals surface area (Å²) in [4.78, 5) is 4.94. The normalized spacial score (nSPS) is 20.2. The molecule has 1 N–H and O–H groups in total. The quantitative estimate of drug-likeness (QED) is 0.739. The minimum Gasteiger partial charge on any atom is -0.310 e. The molecular formula is C17H37N3. The summed E-state index contributed by atoms with van der Waals surface area (Å²) in [5.41, 5.74) is 0. The fourth-order valence-corrected chi connectivity index (χ4v) is 3.34. The number of likely N-dealkylation sites (tertiary alicyclic amines) is 1. The molecule has 0 aliphatic carbocycles. The number of rotatable bonds is 8. The molecule has 1 aliphatic rings. The smallest absolute Gasteiger partial charge is 0.0199 e. The first-order valence-electron chi connectivity index (χ1n) is 8.50. The number of nitrogens with one attached hydrogen (secondary N) is 1. The third-order valence-electron chi connectivity index (χ3n) is 4.02. The predicted molar refractivity (Wildman–Crippen MR) is 89.2 cm³/mol. The Hall–Kier alpha value is -0.120. The first-order chi connectivity index (χ1) is 9.36. The second kappa shape index (κ2) is 9.01. The molecule has 0 aromatic carbocycles. The van der Waals surface area contributed by atoms with Crippen LogP contribution in [0.3, 0.4) is 0 Å². The molecule has 1 fully saturated rings. The summed E-state index contributed by atoms with van der Waals surface area (Å²) in [5.74, 6) is 1.57. The van der Waals surface area contributed by atoms with Crippen LogP contribution in [0.4, 0.5) is 0 Å². The maximum Gasteiger partial charge on any atom is 0.0199 e. The van der Waals surface area contributed by atoms with Crippen LogP contribution in [0.15, 0.2) is 0 Å². The Morgan fingerprint density at radius 2 is 1.65 bits per heavy atom. The first kappa shape index (κ1) is 17.9. The minimum atomic E-state index is 0.645. The standard InChI is InChI=1S/C17H37N3/c1-14(2)11-17(13-19(5)6)18-16-7-9-20(10-8-16)12-15(3)4/h14-18H,7-13H2,1-6H3. The van der Waals surface area contributed by atoms with Crippen molar-refractivity contribution in [1.29, 1.82) is 0 Å². The summed E-state index contributed by atoms with van der Waals surface area (Å²) in [5, 5.41) is 3.92. The molecule has 1 atom stereocenters. The van der Waals surface area contributed by atoms with Crippen LogP contribution in [-0.2, 0) is 0 Å².